The van der Waals surface area contributed by atoms with E-state index in [2.05, 4.69) is 20.2 Å². The zero-order valence-electron chi connectivity index (χ0n) is 14.7. The van der Waals surface area contributed by atoms with Crippen molar-refractivity contribution in [2.45, 2.75) is 6.10 Å². The molecular formula is C18H20N6O2. The first kappa shape index (κ1) is 16.5. The molecule has 1 N–H and O–H groups in total. The van der Waals surface area contributed by atoms with Gasteiger partial charge in [0.25, 0.3) is 5.91 Å². The maximum absolute atomic E-state index is 13.0. The Balaban J connectivity index is 1.58. The van der Waals surface area contributed by atoms with E-state index in [9.17, 15) is 4.79 Å². The quantitative estimate of drug-likeness (QED) is 0.771. The topological polar surface area (TPSA) is 87.2 Å². The van der Waals surface area contributed by atoms with E-state index in [4.69, 9.17) is 4.74 Å². The van der Waals surface area contributed by atoms with Crippen molar-refractivity contribution in [1.82, 2.24) is 25.1 Å². The molecular weight excluding hydrogens is 332 g/mol. The van der Waals surface area contributed by atoms with Crippen molar-refractivity contribution in [3.8, 4) is 0 Å². The van der Waals surface area contributed by atoms with Crippen LogP contribution in [0.3, 0.4) is 0 Å². The van der Waals surface area contributed by atoms with Gasteiger partial charge in [0.05, 0.1) is 36.1 Å². The normalized spacial score (nSPS) is 17.5. The smallest absolute Gasteiger partial charge is 0.256 e. The van der Waals surface area contributed by atoms with Crippen molar-refractivity contribution in [2.24, 2.45) is 0 Å². The first-order valence-corrected chi connectivity index (χ1v) is 8.47. The highest BCUT2D eigenvalue weighted by molar-refractivity contribution is 6.05. The fourth-order valence-corrected chi connectivity index (χ4v) is 3.09. The number of fused-ring (bicyclic) bond motifs is 1. The molecule has 1 saturated heterocycles. The molecule has 1 fully saturated rings. The first-order chi connectivity index (χ1) is 12.6. The summed E-state index contributed by atoms with van der Waals surface area (Å²) >= 11 is 0. The SMILES string of the molecule is CN(C)c1nccc([C@@H]2CN(C(=O)c3cccc4cn[nH]c34)CCO2)n1. The number of benzene rings is 1. The molecule has 8 nitrogen and oxygen atoms in total. The van der Waals surface area contributed by atoms with Crippen LogP contribution in [0, 0.1) is 0 Å². The third-order valence-electron chi connectivity index (χ3n) is 4.46. The standard InChI is InChI=1S/C18H20N6O2/c1-23(2)18-19-7-6-14(21-18)15-11-24(8-9-26-15)17(25)13-5-3-4-12-10-20-22-16(12)13/h3-7,10,15H,8-9,11H2,1-2H3,(H,20,22)/t15-/m0/s1. The van der Waals surface area contributed by atoms with Crippen LogP contribution >= 0.6 is 0 Å². The van der Waals surface area contributed by atoms with E-state index < -0.39 is 0 Å². The average molecular weight is 352 g/mol. The van der Waals surface area contributed by atoms with Gasteiger partial charge in [-0.3, -0.25) is 9.89 Å². The van der Waals surface area contributed by atoms with Crippen LogP contribution in [0.2, 0.25) is 0 Å². The summed E-state index contributed by atoms with van der Waals surface area (Å²) in [4.78, 5) is 25.5. The van der Waals surface area contributed by atoms with Crippen molar-refractivity contribution >= 4 is 22.8 Å². The summed E-state index contributed by atoms with van der Waals surface area (Å²) in [7, 11) is 3.78. The number of nitrogens with zero attached hydrogens (tertiary/aromatic N) is 5. The number of anilines is 1. The third-order valence-corrected chi connectivity index (χ3v) is 4.46. The fourth-order valence-electron chi connectivity index (χ4n) is 3.09. The molecule has 8 heteroatoms. The summed E-state index contributed by atoms with van der Waals surface area (Å²) in [5.74, 6) is 0.590. The maximum atomic E-state index is 13.0. The monoisotopic (exact) mass is 352 g/mol. The molecule has 1 aliphatic heterocycles. The molecule has 4 rings (SSSR count). The highest BCUT2D eigenvalue weighted by Gasteiger charge is 2.28. The number of aromatic nitrogens is 4. The minimum Gasteiger partial charge on any atom is -0.368 e. The predicted molar refractivity (Wildman–Crippen MR) is 97.0 cm³/mol. The van der Waals surface area contributed by atoms with E-state index >= 15 is 0 Å². The summed E-state index contributed by atoms with van der Waals surface area (Å²) in [5, 5.41) is 7.88. The molecule has 3 heterocycles. The van der Waals surface area contributed by atoms with Crippen molar-refractivity contribution < 1.29 is 9.53 Å². The number of hydrogen-bond acceptors (Lipinski definition) is 6. The lowest BCUT2D eigenvalue weighted by Gasteiger charge is -2.33. The van der Waals surface area contributed by atoms with Gasteiger partial charge in [-0.1, -0.05) is 12.1 Å². The van der Waals surface area contributed by atoms with E-state index in [-0.39, 0.29) is 12.0 Å². The lowest BCUT2D eigenvalue weighted by Crippen LogP contribution is -2.42. The molecule has 1 atom stereocenters. The van der Waals surface area contributed by atoms with Gasteiger partial charge >= 0.3 is 0 Å². The van der Waals surface area contributed by atoms with Crippen molar-refractivity contribution in [3.63, 3.8) is 0 Å². The van der Waals surface area contributed by atoms with Gasteiger partial charge in [0.15, 0.2) is 0 Å². The second-order valence-electron chi connectivity index (χ2n) is 6.43. The average Bonchev–Trinajstić information content (AvgIpc) is 3.16. The highest BCUT2D eigenvalue weighted by Crippen LogP contribution is 2.24. The van der Waals surface area contributed by atoms with Crippen molar-refractivity contribution in [2.75, 3.05) is 38.7 Å². The van der Waals surface area contributed by atoms with Crippen molar-refractivity contribution in [3.05, 3.63) is 47.9 Å². The van der Waals surface area contributed by atoms with Gasteiger partial charge in [0.1, 0.15) is 6.10 Å². The van der Waals surface area contributed by atoms with E-state index in [0.717, 1.165) is 16.6 Å². The number of carbonyl (C=O) groups excluding carboxylic acids is 1. The number of aromatic amines is 1. The minimum absolute atomic E-state index is 0.0324. The van der Waals surface area contributed by atoms with Gasteiger partial charge in [0.2, 0.25) is 5.95 Å². The molecule has 134 valence electrons. The zero-order valence-corrected chi connectivity index (χ0v) is 14.7. The summed E-state index contributed by atoms with van der Waals surface area (Å²) in [6.07, 6.45) is 3.17. The Bertz CT molecular complexity index is 938. The molecule has 0 aliphatic carbocycles. The Kier molecular flexibility index (Phi) is 4.26. The summed E-state index contributed by atoms with van der Waals surface area (Å²) in [5.41, 5.74) is 2.16. The number of ether oxygens (including phenoxy) is 1. The number of rotatable bonds is 3. The van der Waals surface area contributed by atoms with Gasteiger partial charge in [-0.2, -0.15) is 5.10 Å². The van der Waals surface area contributed by atoms with Crippen LogP contribution in [0.5, 0.6) is 0 Å². The predicted octanol–water partition coefficient (Wildman–Crippen LogP) is 1.63. The van der Waals surface area contributed by atoms with Gasteiger partial charge in [-0.05, 0) is 12.1 Å². The number of H-pyrrole nitrogens is 1. The molecule has 1 amide bonds. The number of hydrogen-bond donors (Lipinski definition) is 1. The van der Waals surface area contributed by atoms with Gasteiger partial charge in [0, 0.05) is 32.2 Å². The first-order valence-electron chi connectivity index (χ1n) is 8.47. The van der Waals surface area contributed by atoms with E-state index in [1.807, 2.05) is 43.3 Å². The number of carbonyl (C=O) groups is 1. The highest BCUT2D eigenvalue weighted by atomic mass is 16.5. The second-order valence-corrected chi connectivity index (χ2v) is 6.43. The van der Waals surface area contributed by atoms with Gasteiger partial charge in [-0.15, -0.1) is 0 Å². The molecule has 0 unspecified atom stereocenters. The maximum Gasteiger partial charge on any atom is 0.256 e. The molecule has 0 spiro atoms. The van der Waals surface area contributed by atoms with E-state index in [1.54, 1.807) is 17.3 Å². The molecule has 0 bridgehead atoms. The van der Waals surface area contributed by atoms with Gasteiger partial charge in [-0.25, -0.2) is 9.97 Å². The number of morpholine rings is 1. The molecule has 2 aromatic heterocycles. The number of nitrogens with one attached hydrogen (secondary N) is 1. The Labute approximate surface area is 150 Å². The lowest BCUT2D eigenvalue weighted by atomic mass is 10.1. The van der Waals surface area contributed by atoms with E-state index in [0.29, 0.717) is 31.2 Å². The van der Waals surface area contributed by atoms with Crippen molar-refractivity contribution in [1.29, 1.82) is 0 Å². The summed E-state index contributed by atoms with van der Waals surface area (Å²) < 4.78 is 5.86. The molecule has 26 heavy (non-hydrogen) atoms. The minimum atomic E-state index is -0.268. The van der Waals surface area contributed by atoms with Crippen LogP contribution < -0.4 is 4.90 Å². The van der Waals surface area contributed by atoms with Gasteiger partial charge < -0.3 is 14.5 Å². The van der Waals surface area contributed by atoms with E-state index in [1.165, 1.54) is 0 Å². The Morgan fingerprint density at radius 1 is 1.35 bits per heavy atom. The zero-order chi connectivity index (χ0) is 18.1. The molecule has 0 radical (unpaired) electrons. The molecule has 1 aromatic carbocycles. The fraction of sp³-hybridized carbons (Fsp3) is 0.333. The summed E-state index contributed by atoms with van der Waals surface area (Å²) in [6, 6.07) is 7.46. The van der Waals surface area contributed by atoms with Crippen LogP contribution in [-0.2, 0) is 4.74 Å². The van der Waals surface area contributed by atoms with Crippen LogP contribution in [-0.4, -0.2) is 64.8 Å². The molecule has 1 aliphatic rings. The Hall–Kier alpha value is -3.00. The van der Waals surface area contributed by atoms with Crippen LogP contribution in [0.1, 0.15) is 22.2 Å². The second kappa shape index (κ2) is 6.72. The molecule has 0 saturated carbocycles. The van der Waals surface area contributed by atoms with Crippen LogP contribution in [0.25, 0.3) is 10.9 Å². The van der Waals surface area contributed by atoms with Crippen LogP contribution in [0.15, 0.2) is 36.7 Å². The Morgan fingerprint density at radius 2 is 2.23 bits per heavy atom. The number of amides is 1. The largest absolute Gasteiger partial charge is 0.368 e. The number of para-hydroxylation sites is 1. The summed E-state index contributed by atoms with van der Waals surface area (Å²) in [6.45, 7) is 1.47. The molecule has 3 aromatic rings. The Morgan fingerprint density at radius 3 is 3.08 bits per heavy atom. The lowest BCUT2D eigenvalue weighted by molar-refractivity contribution is -0.0246. The third kappa shape index (κ3) is 2.99. The van der Waals surface area contributed by atoms with Crippen LogP contribution in [0.4, 0.5) is 5.95 Å².